The summed E-state index contributed by atoms with van der Waals surface area (Å²) in [6.07, 6.45) is 10.2. The van der Waals surface area contributed by atoms with Crippen LogP contribution >= 0.6 is 0 Å². The van der Waals surface area contributed by atoms with Crippen LogP contribution in [0.4, 0.5) is 8.78 Å². The molecule has 0 bridgehead atoms. The van der Waals surface area contributed by atoms with Gasteiger partial charge in [-0.3, -0.25) is 0 Å². The lowest BCUT2D eigenvalue weighted by atomic mass is 9.78. The first-order chi connectivity index (χ1) is 13.7. The van der Waals surface area contributed by atoms with Crippen LogP contribution in [0.1, 0.15) is 69.1 Å². The fourth-order valence-corrected chi connectivity index (χ4v) is 4.70. The normalized spacial score (nSPS) is 24.3. The second-order valence-electron chi connectivity index (χ2n) is 8.56. The Hall–Kier alpha value is -1.74. The molecule has 2 aromatic carbocycles. The van der Waals surface area contributed by atoms with Gasteiger partial charge in [0, 0.05) is 11.1 Å². The Labute approximate surface area is 167 Å². The van der Waals surface area contributed by atoms with Crippen LogP contribution in [-0.4, -0.2) is 6.61 Å². The number of ether oxygens (including phenoxy) is 1. The molecule has 1 saturated heterocycles. The fourth-order valence-electron chi connectivity index (χ4n) is 4.70. The van der Waals surface area contributed by atoms with E-state index in [1.165, 1.54) is 50.5 Å². The highest BCUT2D eigenvalue weighted by molar-refractivity contribution is 5.65. The molecule has 3 heteroatoms. The topological polar surface area (TPSA) is 12.5 Å². The molecule has 28 heavy (non-hydrogen) atoms. The van der Waals surface area contributed by atoms with E-state index in [1.807, 2.05) is 12.1 Å². The summed E-state index contributed by atoms with van der Waals surface area (Å²) in [5, 5.41) is 0. The zero-order valence-electron chi connectivity index (χ0n) is 16.7. The quantitative estimate of drug-likeness (QED) is 0.458. The van der Waals surface area contributed by atoms with Crippen molar-refractivity contribution >= 4 is 0 Å². The lowest BCUT2D eigenvalue weighted by Crippen LogP contribution is -2.15. The Bertz CT molecular complexity index is 787. The zero-order chi connectivity index (χ0) is 19.5. The highest BCUT2D eigenvalue weighted by Crippen LogP contribution is 2.36. The Kier molecular flexibility index (Phi) is 6.10. The Morgan fingerprint density at radius 1 is 0.857 bits per heavy atom. The highest BCUT2D eigenvalue weighted by Gasteiger charge is 2.30. The van der Waals surface area contributed by atoms with Crippen LogP contribution < -0.4 is 0 Å². The summed E-state index contributed by atoms with van der Waals surface area (Å²) in [6, 6.07) is 11.3. The third kappa shape index (κ3) is 4.46. The van der Waals surface area contributed by atoms with Crippen LogP contribution in [0.2, 0.25) is 0 Å². The molecule has 0 aromatic heterocycles. The summed E-state index contributed by atoms with van der Waals surface area (Å²) in [4.78, 5) is 0. The van der Waals surface area contributed by atoms with E-state index in [2.05, 4.69) is 19.1 Å². The molecule has 0 spiro atoms. The van der Waals surface area contributed by atoms with Crippen molar-refractivity contribution in [2.75, 3.05) is 6.61 Å². The first-order valence-electron chi connectivity index (χ1n) is 10.8. The monoisotopic (exact) mass is 384 g/mol. The van der Waals surface area contributed by atoms with E-state index in [1.54, 1.807) is 12.1 Å². The Balaban J connectivity index is 1.35. The third-order valence-electron chi connectivity index (χ3n) is 6.56. The Morgan fingerprint density at radius 2 is 1.50 bits per heavy atom. The molecule has 150 valence electrons. The van der Waals surface area contributed by atoms with Gasteiger partial charge in [0.05, 0.1) is 6.61 Å². The van der Waals surface area contributed by atoms with E-state index in [-0.39, 0.29) is 6.10 Å². The lowest BCUT2D eigenvalue weighted by Gasteiger charge is -2.28. The van der Waals surface area contributed by atoms with Gasteiger partial charge in [-0.25, -0.2) is 8.78 Å². The molecule has 2 fully saturated rings. The van der Waals surface area contributed by atoms with Crippen molar-refractivity contribution in [3.63, 3.8) is 0 Å². The van der Waals surface area contributed by atoms with E-state index in [0.29, 0.717) is 17.7 Å². The van der Waals surface area contributed by atoms with Crippen molar-refractivity contribution in [1.82, 2.24) is 0 Å². The highest BCUT2D eigenvalue weighted by atomic mass is 19.2. The van der Waals surface area contributed by atoms with Crippen molar-refractivity contribution in [3.05, 3.63) is 59.2 Å². The summed E-state index contributed by atoms with van der Waals surface area (Å²) in [6.45, 7) is 2.76. The van der Waals surface area contributed by atoms with E-state index in [0.717, 1.165) is 23.8 Å². The first kappa shape index (κ1) is 19.6. The summed E-state index contributed by atoms with van der Waals surface area (Å²) in [5.74, 6) is 0.248. The maximum atomic E-state index is 14.5. The number of benzene rings is 2. The molecule has 0 N–H and O–H groups in total. The van der Waals surface area contributed by atoms with Crippen LogP contribution in [0.25, 0.3) is 11.1 Å². The molecular formula is C25H30F2O. The lowest BCUT2D eigenvalue weighted by molar-refractivity contribution is 0.252. The van der Waals surface area contributed by atoms with Crippen LogP contribution in [0, 0.1) is 23.5 Å². The second-order valence-corrected chi connectivity index (χ2v) is 8.56. The maximum Gasteiger partial charge on any atom is 0.167 e. The van der Waals surface area contributed by atoms with E-state index in [9.17, 15) is 8.78 Å². The number of hydrogen-bond donors (Lipinski definition) is 0. The molecule has 4 rings (SSSR count). The van der Waals surface area contributed by atoms with Crippen molar-refractivity contribution in [3.8, 4) is 11.1 Å². The summed E-state index contributed by atoms with van der Waals surface area (Å²) >= 11 is 0. The standard InChI is InChI=1S/C25H30F2O/c1-2-3-17-4-6-18(7-5-17)8-9-19-10-12-20(13-11-19)21-14-15-22(23-16-28-23)25(27)24(21)26/h10-15,17-18,23H,2-9,16H2,1H3. The maximum absolute atomic E-state index is 14.5. The summed E-state index contributed by atoms with van der Waals surface area (Å²) in [5.41, 5.74) is 2.65. The molecule has 1 atom stereocenters. The van der Waals surface area contributed by atoms with Crippen LogP contribution in [0.5, 0.6) is 0 Å². The summed E-state index contributed by atoms with van der Waals surface area (Å²) in [7, 11) is 0. The largest absolute Gasteiger partial charge is 0.368 e. The Morgan fingerprint density at radius 3 is 2.11 bits per heavy atom. The van der Waals surface area contributed by atoms with Gasteiger partial charge in [-0.05, 0) is 35.8 Å². The number of epoxide rings is 1. The smallest absolute Gasteiger partial charge is 0.167 e. The number of aryl methyl sites for hydroxylation is 1. The van der Waals surface area contributed by atoms with Gasteiger partial charge in [0.25, 0.3) is 0 Å². The van der Waals surface area contributed by atoms with E-state index in [4.69, 9.17) is 4.74 Å². The van der Waals surface area contributed by atoms with Gasteiger partial charge in [0.15, 0.2) is 11.6 Å². The molecule has 2 aliphatic rings. The summed E-state index contributed by atoms with van der Waals surface area (Å²) < 4.78 is 33.8. The number of halogens is 2. The molecule has 0 radical (unpaired) electrons. The molecule has 1 heterocycles. The predicted molar refractivity (Wildman–Crippen MR) is 109 cm³/mol. The average molecular weight is 385 g/mol. The van der Waals surface area contributed by atoms with Gasteiger partial charge in [-0.2, -0.15) is 0 Å². The van der Waals surface area contributed by atoms with Crippen molar-refractivity contribution < 1.29 is 13.5 Å². The van der Waals surface area contributed by atoms with Crippen molar-refractivity contribution in [1.29, 1.82) is 0 Å². The van der Waals surface area contributed by atoms with Crippen LogP contribution in [0.15, 0.2) is 36.4 Å². The van der Waals surface area contributed by atoms with Gasteiger partial charge >= 0.3 is 0 Å². The number of rotatable bonds is 7. The fraction of sp³-hybridized carbons (Fsp3) is 0.520. The molecule has 1 nitrogen and oxygen atoms in total. The van der Waals surface area contributed by atoms with Gasteiger partial charge < -0.3 is 4.74 Å². The minimum Gasteiger partial charge on any atom is -0.368 e. The van der Waals surface area contributed by atoms with E-state index < -0.39 is 11.6 Å². The predicted octanol–water partition coefficient (Wildman–Crippen LogP) is 7.24. The van der Waals surface area contributed by atoms with Gasteiger partial charge in [0.2, 0.25) is 0 Å². The van der Waals surface area contributed by atoms with Gasteiger partial charge in [0.1, 0.15) is 6.10 Å². The minimum absolute atomic E-state index is 0.275. The van der Waals surface area contributed by atoms with Crippen molar-refractivity contribution in [2.45, 2.75) is 64.4 Å². The van der Waals surface area contributed by atoms with Gasteiger partial charge in [-0.1, -0.05) is 81.8 Å². The molecule has 1 unspecified atom stereocenters. The average Bonchev–Trinajstić information content (AvgIpc) is 3.55. The molecule has 2 aromatic rings. The van der Waals surface area contributed by atoms with E-state index >= 15 is 0 Å². The molecular weight excluding hydrogens is 354 g/mol. The van der Waals surface area contributed by atoms with Crippen LogP contribution in [-0.2, 0) is 11.2 Å². The zero-order valence-corrected chi connectivity index (χ0v) is 16.7. The molecule has 1 aliphatic carbocycles. The van der Waals surface area contributed by atoms with Crippen LogP contribution in [0.3, 0.4) is 0 Å². The number of hydrogen-bond acceptors (Lipinski definition) is 1. The van der Waals surface area contributed by atoms with Gasteiger partial charge in [-0.15, -0.1) is 0 Å². The minimum atomic E-state index is -0.775. The SMILES string of the molecule is CCCC1CCC(CCc2ccc(-c3ccc(C4CO4)c(F)c3F)cc2)CC1. The molecule has 0 amide bonds. The second kappa shape index (κ2) is 8.73. The third-order valence-corrected chi connectivity index (χ3v) is 6.56. The molecule has 1 aliphatic heterocycles. The molecule has 1 saturated carbocycles. The van der Waals surface area contributed by atoms with Crippen molar-refractivity contribution in [2.24, 2.45) is 11.8 Å². The first-order valence-corrected chi connectivity index (χ1v) is 10.8.